The number of anilines is 1. The van der Waals surface area contributed by atoms with Crippen LogP contribution >= 0.6 is 0 Å². The molecule has 1 aliphatic heterocycles. The molecule has 3 aliphatic rings. The van der Waals surface area contributed by atoms with Crippen LogP contribution in [-0.4, -0.2) is 57.5 Å². The van der Waals surface area contributed by atoms with E-state index in [9.17, 15) is 14.7 Å². The maximum absolute atomic E-state index is 12.8. The van der Waals surface area contributed by atoms with Crippen molar-refractivity contribution >= 4 is 17.7 Å². The van der Waals surface area contributed by atoms with Crippen LogP contribution in [0.25, 0.3) is 0 Å². The van der Waals surface area contributed by atoms with Gasteiger partial charge in [-0.05, 0) is 80.9 Å². The summed E-state index contributed by atoms with van der Waals surface area (Å²) in [5, 5.41) is 22.7. The fourth-order valence-electron chi connectivity index (χ4n) is 5.51. The average Bonchev–Trinajstić information content (AvgIpc) is 3.32. The van der Waals surface area contributed by atoms with Crippen LogP contribution in [0.2, 0.25) is 0 Å². The number of aliphatic carboxylic acids is 1. The molecular formula is C26H35N5O4. The maximum atomic E-state index is 12.8. The lowest BCUT2D eigenvalue weighted by molar-refractivity contribution is -0.143. The zero-order chi connectivity index (χ0) is 24.2. The summed E-state index contributed by atoms with van der Waals surface area (Å²) >= 11 is 0. The SMILES string of the molecule is O=C(N[C@@H](CCO[C@H]1C[C@H](CCc2ccc3c(n2)NCCC3)C1)C(=O)O)C1CCCc2cn[nH]c21. The van der Waals surface area contributed by atoms with Gasteiger partial charge in [-0.2, -0.15) is 5.10 Å². The summed E-state index contributed by atoms with van der Waals surface area (Å²) in [6.45, 7) is 1.33. The van der Waals surface area contributed by atoms with Crippen molar-refractivity contribution in [2.75, 3.05) is 18.5 Å². The van der Waals surface area contributed by atoms with Crippen LogP contribution in [0.1, 0.15) is 73.4 Å². The molecule has 2 aliphatic carbocycles. The molecule has 2 aromatic rings. The van der Waals surface area contributed by atoms with Gasteiger partial charge in [0.15, 0.2) is 0 Å². The molecule has 5 rings (SSSR count). The quantitative estimate of drug-likeness (QED) is 0.411. The number of nitrogens with one attached hydrogen (secondary N) is 3. The highest BCUT2D eigenvalue weighted by molar-refractivity contribution is 5.88. The van der Waals surface area contributed by atoms with Gasteiger partial charge in [-0.3, -0.25) is 9.89 Å². The molecule has 1 amide bonds. The van der Waals surface area contributed by atoms with Crippen molar-refractivity contribution in [2.24, 2.45) is 5.92 Å². The van der Waals surface area contributed by atoms with Gasteiger partial charge in [0.2, 0.25) is 5.91 Å². The van der Waals surface area contributed by atoms with Crippen LogP contribution < -0.4 is 10.6 Å². The van der Waals surface area contributed by atoms with Crippen LogP contribution in [0, 0.1) is 5.92 Å². The van der Waals surface area contributed by atoms with E-state index in [0.29, 0.717) is 18.9 Å². The monoisotopic (exact) mass is 481 g/mol. The minimum atomic E-state index is -1.03. The highest BCUT2D eigenvalue weighted by atomic mass is 16.5. The van der Waals surface area contributed by atoms with Crippen molar-refractivity contribution in [1.29, 1.82) is 0 Å². The minimum absolute atomic E-state index is 0.175. The summed E-state index contributed by atoms with van der Waals surface area (Å²) in [5.41, 5.74) is 4.32. The Bertz CT molecular complexity index is 1050. The van der Waals surface area contributed by atoms with Gasteiger partial charge >= 0.3 is 5.97 Å². The number of carbonyl (C=O) groups is 2. The lowest BCUT2D eigenvalue weighted by atomic mass is 9.79. The zero-order valence-electron chi connectivity index (χ0n) is 20.1. The summed E-state index contributed by atoms with van der Waals surface area (Å²) in [6.07, 6.45) is 11.0. The van der Waals surface area contributed by atoms with E-state index in [1.165, 1.54) is 12.0 Å². The van der Waals surface area contributed by atoms with Crippen LogP contribution in [0.15, 0.2) is 18.3 Å². The maximum Gasteiger partial charge on any atom is 0.326 e. The number of carbonyl (C=O) groups excluding carboxylic acids is 1. The molecule has 0 spiro atoms. The second-order valence-electron chi connectivity index (χ2n) is 10.2. The van der Waals surface area contributed by atoms with E-state index in [-0.39, 0.29) is 24.3 Å². The van der Waals surface area contributed by atoms with E-state index < -0.39 is 12.0 Å². The van der Waals surface area contributed by atoms with E-state index >= 15 is 0 Å². The standard InChI is InChI=1S/C26H35N5O4/c32-25(21-5-1-3-18-15-28-31-23(18)21)30-22(26(33)34)10-12-35-20-13-16(14-20)6-8-19-9-7-17-4-2-11-27-24(17)29-19/h7,9,15-16,20-22H,1-6,8,10-14H2,(H,27,29)(H,28,31)(H,30,32)(H,33,34)/t16-,20-,21?,22-/m0/s1. The number of aromatic amines is 1. The normalized spacial score (nSPS) is 23.8. The van der Waals surface area contributed by atoms with Crippen molar-refractivity contribution < 1.29 is 19.4 Å². The molecule has 3 heterocycles. The number of H-pyrrole nitrogens is 1. The molecule has 188 valence electrons. The Morgan fingerprint density at radius 1 is 1.20 bits per heavy atom. The fraction of sp³-hybridized carbons (Fsp3) is 0.615. The first-order valence-corrected chi connectivity index (χ1v) is 13.0. The average molecular weight is 482 g/mol. The lowest BCUT2D eigenvalue weighted by Crippen LogP contribution is -2.44. The molecule has 35 heavy (non-hydrogen) atoms. The van der Waals surface area contributed by atoms with Crippen LogP contribution in [-0.2, 0) is 33.6 Å². The Kier molecular flexibility index (Phi) is 7.32. The molecule has 0 bridgehead atoms. The number of hydrogen-bond acceptors (Lipinski definition) is 6. The Hall–Kier alpha value is -2.94. The molecule has 4 N–H and O–H groups in total. The predicted molar refractivity (Wildman–Crippen MR) is 130 cm³/mol. The molecule has 1 unspecified atom stereocenters. The van der Waals surface area contributed by atoms with E-state index in [1.54, 1.807) is 6.20 Å². The van der Waals surface area contributed by atoms with Gasteiger partial charge in [-0.1, -0.05) is 6.07 Å². The fourth-order valence-corrected chi connectivity index (χ4v) is 5.51. The number of carboxylic acids is 1. The number of nitrogens with zero attached hydrogens (tertiary/aromatic N) is 2. The van der Waals surface area contributed by atoms with Crippen molar-refractivity contribution in [3.05, 3.63) is 40.8 Å². The van der Waals surface area contributed by atoms with E-state index in [1.807, 2.05) is 0 Å². The van der Waals surface area contributed by atoms with Crippen molar-refractivity contribution in [3.63, 3.8) is 0 Å². The molecule has 1 fully saturated rings. The van der Waals surface area contributed by atoms with E-state index in [0.717, 1.165) is 74.3 Å². The first-order chi connectivity index (χ1) is 17.1. The Balaban J connectivity index is 1.01. The number of rotatable bonds is 10. The van der Waals surface area contributed by atoms with Gasteiger partial charge in [0.1, 0.15) is 11.9 Å². The van der Waals surface area contributed by atoms with Crippen LogP contribution in [0.3, 0.4) is 0 Å². The predicted octanol–water partition coefficient (Wildman–Crippen LogP) is 2.97. The summed E-state index contributed by atoms with van der Waals surface area (Å²) < 4.78 is 5.93. The Labute approximate surface area is 205 Å². The van der Waals surface area contributed by atoms with Crippen molar-refractivity contribution in [3.8, 4) is 0 Å². The number of carboxylic acid groups (broad SMARTS) is 1. The van der Waals surface area contributed by atoms with Crippen LogP contribution in [0.5, 0.6) is 0 Å². The number of amides is 1. The molecule has 0 saturated heterocycles. The Morgan fingerprint density at radius 2 is 2.06 bits per heavy atom. The van der Waals surface area contributed by atoms with Crippen molar-refractivity contribution in [2.45, 2.75) is 82.3 Å². The zero-order valence-corrected chi connectivity index (χ0v) is 20.1. The topological polar surface area (TPSA) is 129 Å². The van der Waals surface area contributed by atoms with Gasteiger partial charge in [-0.25, -0.2) is 9.78 Å². The second-order valence-corrected chi connectivity index (χ2v) is 10.2. The second kappa shape index (κ2) is 10.8. The van der Waals surface area contributed by atoms with E-state index in [4.69, 9.17) is 9.72 Å². The molecule has 9 nitrogen and oxygen atoms in total. The third-order valence-corrected chi connectivity index (χ3v) is 7.68. The first-order valence-electron chi connectivity index (χ1n) is 13.0. The molecule has 0 radical (unpaired) electrons. The smallest absolute Gasteiger partial charge is 0.326 e. The highest BCUT2D eigenvalue weighted by Crippen LogP contribution is 2.34. The highest BCUT2D eigenvalue weighted by Gasteiger charge is 2.32. The number of aryl methyl sites for hydroxylation is 3. The Morgan fingerprint density at radius 3 is 2.91 bits per heavy atom. The molecular weight excluding hydrogens is 446 g/mol. The van der Waals surface area contributed by atoms with Gasteiger partial charge in [-0.15, -0.1) is 0 Å². The summed E-state index contributed by atoms with van der Waals surface area (Å²) in [7, 11) is 0. The third-order valence-electron chi connectivity index (χ3n) is 7.68. The first kappa shape index (κ1) is 23.8. The summed E-state index contributed by atoms with van der Waals surface area (Å²) in [5.74, 6) is 0.0306. The van der Waals surface area contributed by atoms with Gasteiger partial charge in [0.25, 0.3) is 0 Å². The molecule has 0 aromatic carbocycles. The van der Waals surface area contributed by atoms with Gasteiger partial charge in [0.05, 0.1) is 23.9 Å². The lowest BCUT2D eigenvalue weighted by Gasteiger charge is -2.35. The minimum Gasteiger partial charge on any atom is -0.480 e. The van der Waals surface area contributed by atoms with Gasteiger partial charge < -0.3 is 20.5 Å². The molecule has 2 atom stereocenters. The van der Waals surface area contributed by atoms with Crippen LogP contribution in [0.4, 0.5) is 5.82 Å². The number of hydrogen-bond donors (Lipinski definition) is 4. The van der Waals surface area contributed by atoms with Crippen molar-refractivity contribution in [1.82, 2.24) is 20.5 Å². The number of aromatic nitrogens is 3. The summed E-state index contributed by atoms with van der Waals surface area (Å²) in [6, 6.07) is 3.41. The largest absolute Gasteiger partial charge is 0.480 e. The van der Waals surface area contributed by atoms with E-state index in [2.05, 4.69) is 33.0 Å². The third kappa shape index (κ3) is 5.66. The number of fused-ring (bicyclic) bond motifs is 2. The molecule has 9 heteroatoms. The van der Waals surface area contributed by atoms with Gasteiger partial charge in [0, 0.05) is 25.3 Å². The number of pyridine rings is 1. The molecule has 2 aromatic heterocycles. The molecule has 1 saturated carbocycles. The number of ether oxygens (including phenoxy) is 1. The summed E-state index contributed by atoms with van der Waals surface area (Å²) in [4.78, 5) is 29.3.